The molecule has 2 unspecified atom stereocenters. The van der Waals surface area contributed by atoms with E-state index in [1.165, 1.54) is 12.1 Å². The summed E-state index contributed by atoms with van der Waals surface area (Å²) in [7, 11) is 0. The lowest BCUT2D eigenvalue weighted by atomic mass is 10.1. The van der Waals surface area contributed by atoms with Crippen LogP contribution in [-0.4, -0.2) is 4.98 Å². The van der Waals surface area contributed by atoms with E-state index in [0.717, 1.165) is 10.7 Å². The van der Waals surface area contributed by atoms with Gasteiger partial charge in [0.1, 0.15) is 10.8 Å². The molecular weight excluding hydrogens is 318 g/mol. The van der Waals surface area contributed by atoms with Crippen LogP contribution in [0.3, 0.4) is 0 Å². The Kier molecular flexibility index (Phi) is 5.02. The molecule has 6 heteroatoms. The number of halogens is 3. The molecule has 1 heterocycles. The Bertz CT molecular complexity index is 615. The molecule has 0 saturated carbocycles. The van der Waals surface area contributed by atoms with Gasteiger partial charge in [0.05, 0.1) is 11.1 Å². The first-order valence-electron chi connectivity index (χ1n) is 6.21. The number of nitrogens with one attached hydrogen (secondary N) is 1. The number of thiazole rings is 1. The summed E-state index contributed by atoms with van der Waals surface area (Å²) in [5.41, 5.74) is 1.69. The second kappa shape index (κ2) is 6.39. The van der Waals surface area contributed by atoms with E-state index in [-0.39, 0.29) is 17.1 Å². The van der Waals surface area contributed by atoms with Crippen LogP contribution in [0.25, 0.3) is 0 Å². The summed E-state index contributed by atoms with van der Waals surface area (Å²) in [6.07, 6.45) is 0. The summed E-state index contributed by atoms with van der Waals surface area (Å²) in [5.74, 6) is -0.461. The average molecular weight is 333 g/mol. The van der Waals surface area contributed by atoms with Gasteiger partial charge in [-0.05, 0) is 38.5 Å². The van der Waals surface area contributed by atoms with Crippen molar-refractivity contribution in [2.24, 2.45) is 0 Å². The second-order valence-electron chi connectivity index (χ2n) is 4.72. The number of nitrogens with zero attached hydrogens (tertiary/aromatic N) is 1. The predicted octanol–water partition coefficient (Wildman–Crippen LogP) is 5.31. The topological polar surface area (TPSA) is 24.9 Å². The average Bonchev–Trinajstić information content (AvgIpc) is 2.80. The monoisotopic (exact) mass is 332 g/mol. The minimum absolute atomic E-state index is 0.0366. The van der Waals surface area contributed by atoms with Crippen molar-refractivity contribution < 1.29 is 4.39 Å². The van der Waals surface area contributed by atoms with Gasteiger partial charge in [-0.3, -0.25) is 0 Å². The Labute approximate surface area is 131 Å². The van der Waals surface area contributed by atoms with Crippen molar-refractivity contribution in [2.45, 2.75) is 32.9 Å². The zero-order valence-electron chi connectivity index (χ0n) is 11.4. The Morgan fingerprint density at radius 3 is 2.50 bits per heavy atom. The van der Waals surface area contributed by atoms with Gasteiger partial charge in [-0.15, -0.1) is 11.3 Å². The normalized spacial score (nSPS) is 14.3. The lowest BCUT2D eigenvalue weighted by Crippen LogP contribution is -2.22. The van der Waals surface area contributed by atoms with Crippen molar-refractivity contribution in [3.05, 3.63) is 49.6 Å². The number of benzene rings is 1. The molecule has 0 radical (unpaired) electrons. The van der Waals surface area contributed by atoms with Gasteiger partial charge >= 0.3 is 0 Å². The summed E-state index contributed by atoms with van der Waals surface area (Å²) >= 11 is 13.4. The van der Waals surface area contributed by atoms with Gasteiger partial charge in [-0.1, -0.05) is 23.2 Å². The minimum Gasteiger partial charge on any atom is -0.301 e. The molecule has 0 aliphatic carbocycles. The fraction of sp³-hybridized carbons (Fsp3) is 0.357. The highest BCUT2D eigenvalue weighted by molar-refractivity contribution is 7.09. The fourth-order valence-corrected chi connectivity index (χ4v) is 3.34. The molecular formula is C14H15Cl2FN2S. The molecule has 0 fully saturated rings. The lowest BCUT2D eigenvalue weighted by Gasteiger charge is -2.20. The van der Waals surface area contributed by atoms with E-state index in [1.807, 2.05) is 26.2 Å². The van der Waals surface area contributed by atoms with Crippen LogP contribution >= 0.6 is 34.5 Å². The first-order valence-corrected chi connectivity index (χ1v) is 7.84. The van der Waals surface area contributed by atoms with Crippen molar-refractivity contribution in [3.8, 4) is 0 Å². The third-order valence-electron chi connectivity index (χ3n) is 3.01. The third-order valence-corrected chi connectivity index (χ3v) is 4.78. The number of rotatable bonds is 4. The quantitative estimate of drug-likeness (QED) is 0.767. The molecule has 0 spiro atoms. The first kappa shape index (κ1) is 15.7. The number of aryl methyl sites for hydroxylation is 1. The molecule has 0 saturated heterocycles. The Balaban J connectivity index is 2.16. The Morgan fingerprint density at radius 2 is 1.90 bits per heavy atom. The SMILES string of the molecule is Cc1csc(C(C)NC(C)c2cc(F)c(Cl)cc2Cl)n1. The van der Waals surface area contributed by atoms with Gasteiger partial charge in [0.25, 0.3) is 0 Å². The molecule has 20 heavy (non-hydrogen) atoms. The zero-order chi connectivity index (χ0) is 14.9. The Hall–Kier alpha value is -0.680. The van der Waals surface area contributed by atoms with E-state index < -0.39 is 5.82 Å². The van der Waals surface area contributed by atoms with Crippen LogP contribution in [0.15, 0.2) is 17.5 Å². The smallest absolute Gasteiger partial charge is 0.142 e. The molecule has 1 aromatic heterocycles. The predicted molar refractivity (Wildman–Crippen MR) is 83.2 cm³/mol. The minimum atomic E-state index is -0.461. The summed E-state index contributed by atoms with van der Waals surface area (Å²) in [6.45, 7) is 5.92. The van der Waals surface area contributed by atoms with Crippen molar-refractivity contribution in [3.63, 3.8) is 0 Å². The zero-order valence-corrected chi connectivity index (χ0v) is 13.7. The molecule has 2 atom stereocenters. The van der Waals surface area contributed by atoms with E-state index in [1.54, 1.807) is 11.3 Å². The summed E-state index contributed by atoms with van der Waals surface area (Å²) < 4.78 is 13.6. The maximum atomic E-state index is 13.6. The van der Waals surface area contributed by atoms with Crippen molar-refractivity contribution in [1.29, 1.82) is 0 Å². The molecule has 0 amide bonds. The van der Waals surface area contributed by atoms with Crippen LogP contribution < -0.4 is 5.32 Å². The molecule has 0 aliphatic heterocycles. The molecule has 1 aromatic carbocycles. The largest absolute Gasteiger partial charge is 0.301 e. The number of hydrogen-bond acceptors (Lipinski definition) is 3. The maximum Gasteiger partial charge on any atom is 0.142 e. The standard InChI is InChI=1S/C14H15Cl2FN2S/c1-7-6-20-14(18-7)9(3)19-8(2)10-4-13(17)12(16)5-11(10)15/h4-6,8-9,19H,1-3H3. The van der Waals surface area contributed by atoms with Crippen LogP contribution in [0.1, 0.15) is 42.2 Å². The molecule has 1 N–H and O–H groups in total. The van der Waals surface area contributed by atoms with E-state index in [9.17, 15) is 4.39 Å². The van der Waals surface area contributed by atoms with E-state index >= 15 is 0 Å². The van der Waals surface area contributed by atoms with Crippen LogP contribution in [-0.2, 0) is 0 Å². The molecule has 2 rings (SSSR count). The van der Waals surface area contributed by atoms with Gasteiger partial charge in [0.2, 0.25) is 0 Å². The van der Waals surface area contributed by atoms with Crippen molar-refractivity contribution in [2.75, 3.05) is 0 Å². The highest BCUT2D eigenvalue weighted by Gasteiger charge is 2.17. The van der Waals surface area contributed by atoms with Crippen molar-refractivity contribution >= 4 is 34.5 Å². The highest BCUT2D eigenvalue weighted by Crippen LogP contribution is 2.30. The van der Waals surface area contributed by atoms with Gasteiger partial charge in [0.15, 0.2) is 0 Å². The number of hydrogen-bond donors (Lipinski definition) is 1. The summed E-state index contributed by atoms with van der Waals surface area (Å²) in [5, 5.41) is 6.87. The molecule has 0 aliphatic rings. The molecule has 108 valence electrons. The van der Waals surface area contributed by atoms with Crippen LogP contribution in [0.2, 0.25) is 10.0 Å². The van der Waals surface area contributed by atoms with Crippen LogP contribution in [0.4, 0.5) is 4.39 Å². The fourth-order valence-electron chi connectivity index (χ4n) is 1.98. The van der Waals surface area contributed by atoms with E-state index in [2.05, 4.69) is 10.3 Å². The summed E-state index contributed by atoms with van der Waals surface area (Å²) in [4.78, 5) is 4.44. The lowest BCUT2D eigenvalue weighted by molar-refractivity contribution is 0.490. The van der Waals surface area contributed by atoms with E-state index in [4.69, 9.17) is 23.2 Å². The van der Waals surface area contributed by atoms with E-state index in [0.29, 0.717) is 10.6 Å². The van der Waals surface area contributed by atoms with Crippen LogP contribution in [0.5, 0.6) is 0 Å². The molecule has 0 bridgehead atoms. The maximum absolute atomic E-state index is 13.6. The highest BCUT2D eigenvalue weighted by atomic mass is 35.5. The second-order valence-corrected chi connectivity index (χ2v) is 6.43. The number of aromatic nitrogens is 1. The van der Waals surface area contributed by atoms with Gasteiger partial charge < -0.3 is 5.32 Å². The van der Waals surface area contributed by atoms with Gasteiger partial charge in [0, 0.05) is 22.1 Å². The van der Waals surface area contributed by atoms with Crippen molar-refractivity contribution in [1.82, 2.24) is 10.3 Å². The Morgan fingerprint density at radius 1 is 1.20 bits per heavy atom. The van der Waals surface area contributed by atoms with Gasteiger partial charge in [-0.2, -0.15) is 0 Å². The van der Waals surface area contributed by atoms with Crippen LogP contribution in [0, 0.1) is 12.7 Å². The van der Waals surface area contributed by atoms with Gasteiger partial charge in [-0.25, -0.2) is 9.37 Å². The molecule has 2 aromatic rings. The third kappa shape index (κ3) is 3.50. The summed E-state index contributed by atoms with van der Waals surface area (Å²) in [6, 6.07) is 2.78. The first-order chi connectivity index (χ1) is 9.38. The molecule has 2 nitrogen and oxygen atoms in total.